The number of hydrogen-bond acceptors (Lipinski definition) is 3. The highest BCUT2D eigenvalue weighted by atomic mass is 16.3. The Balaban J connectivity index is 1.75. The summed E-state index contributed by atoms with van der Waals surface area (Å²) in [5, 5.41) is 32.0. The molecule has 4 aliphatic carbocycles. The maximum atomic E-state index is 11.0. The molecule has 3 heteroatoms. The maximum absolute atomic E-state index is 11.0. The van der Waals surface area contributed by atoms with Crippen molar-refractivity contribution >= 4 is 0 Å². The summed E-state index contributed by atoms with van der Waals surface area (Å²) in [7, 11) is 0. The standard InChI is InChI=1S/C21H30O3/c1-4-21(24)10-7-16-18-15(6-9-20(16,21)3)19(2)8-5-14(22)11-13(19)12-17(18)23/h1,12,14-18,22-24H,5-11H2,2-3H3/t14-,15?,16?,17?,18?,19-,20-,21-/m0/s1. The summed E-state index contributed by atoms with van der Waals surface area (Å²) in [5.74, 6) is 3.56. The number of hydrogen-bond donors (Lipinski definition) is 3. The van der Waals surface area contributed by atoms with E-state index in [2.05, 4.69) is 19.8 Å². The zero-order valence-electron chi connectivity index (χ0n) is 14.8. The van der Waals surface area contributed by atoms with Gasteiger partial charge in [-0.2, -0.15) is 0 Å². The van der Waals surface area contributed by atoms with Crippen LogP contribution in [0.1, 0.15) is 58.8 Å². The molecule has 24 heavy (non-hydrogen) atoms. The lowest BCUT2D eigenvalue weighted by Gasteiger charge is -2.59. The van der Waals surface area contributed by atoms with Crippen LogP contribution in [-0.2, 0) is 0 Å². The van der Waals surface area contributed by atoms with Crippen LogP contribution < -0.4 is 0 Å². The van der Waals surface area contributed by atoms with Gasteiger partial charge in [0, 0.05) is 5.41 Å². The molecule has 8 atom stereocenters. The summed E-state index contributed by atoms with van der Waals surface area (Å²) >= 11 is 0. The summed E-state index contributed by atoms with van der Waals surface area (Å²) < 4.78 is 0. The number of aliphatic hydroxyl groups is 3. The van der Waals surface area contributed by atoms with E-state index in [1.165, 1.54) is 5.57 Å². The Hall–Kier alpha value is -0.820. The number of aliphatic hydroxyl groups excluding tert-OH is 2. The molecule has 4 aliphatic rings. The maximum Gasteiger partial charge on any atom is 0.130 e. The molecule has 0 aromatic heterocycles. The molecule has 0 spiro atoms. The Morgan fingerprint density at radius 3 is 2.50 bits per heavy atom. The molecule has 132 valence electrons. The molecule has 3 nitrogen and oxygen atoms in total. The lowest BCUT2D eigenvalue weighted by atomic mass is 9.46. The highest BCUT2D eigenvalue weighted by Crippen LogP contribution is 2.66. The molecule has 3 saturated carbocycles. The smallest absolute Gasteiger partial charge is 0.130 e. The van der Waals surface area contributed by atoms with Crippen LogP contribution in [0.2, 0.25) is 0 Å². The Morgan fingerprint density at radius 1 is 1.08 bits per heavy atom. The number of fused-ring (bicyclic) bond motifs is 5. The van der Waals surface area contributed by atoms with Crippen molar-refractivity contribution in [3.63, 3.8) is 0 Å². The predicted molar refractivity (Wildman–Crippen MR) is 92.9 cm³/mol. The minimum atomic E-state index is -1.03. The van der Waals surface area contributed by atoms with Crippen LogP contribution in [0.25, 0.3) is 0 Å². The molecular weight excluding hydrogens is 300 g/mol. The molecule has 0 saturated heterocycles. The summed E-state index contributed by atoms with van der Waals surface area (Å²) in [6.07, 6.45) is 13.0. The van der Waals surface area contributed by atoms with Gasteiger partial charge in [0.15, 0.2) is 0 Å². The van der Waals surface area contributed by atoms with Crippen LogP contribution in [0.3, 0.4) is 0 Å². The van der Waals surface area contributed by atoms with E-state index in [4.69, 9.17) is 6.42 Å². The molecule has 4 rings (SSSR count). The molecule has 3 N–H and O–H groups in total. The predicted octanol–water partition coefficient (Wildman–Crippen LogP) is 2.65. The van der Waals surface area contributed by atoms with Crippen LogP contribution in [0.4, 0.5) is 0 Å². The van der Waals surface area contributed by atoms with Crippen molar-refractivity contribution in [2.24, 2.45) is 28.6 Å². The summed E-state index contributed by atoms with van der Waals surface area (Å²) in [4.78, 5) is 0. The molecule has 3 fully saturated rings. The van der Waals surface area contributed by atoms with Gasteiger partial charge in [-0.25, -0.2) is 0 Å². The van der Waals surface area contributed by atoms with Crippen molar-refractivity contribution in [1.29, 1.82) is 0 Å². The van der Waals surface area contributed by atoms with Gasteiger partial charge in [-0.3, -0.25) is 0 Å². The van der Waals surface area contributed by atoms with E-state index < -0.39 is 11.7 Å². The third kappa shape index (κ3) is 1.91. The van der Waals surface area contributed by atoms with E-state index in [1.54, 1.807) is 0 Å². The lowest BCUT2D eigenvalue weighted by Crippen LogP contribution is -2.57. The Labute approximate surface area is 145 Å². The Morgan fingerprint density at radius 2 is 1.79 bits per heavy atom. The topological polar surface area (TPSA) is 60.7 Å². The molecule has 0 aromatic carbocycles. The van der Waals surface area contributed by atoms with Crippen molar-refractivity contribution in [3.05, 3.63) is 11.6 Å². The average molecular weight is 330 g/mol. The normalized spacial score (nSPS) is 56.5. The minimum Gasteiger partial charge on any atom is -0.393 e. The Kier molecular flexibility index (Phi) is 3.53. The van der Waals surface area contributed by atoms with Gasteiger partial charge in [0.25, 0.3) is 0 Å². The fourth-order valence-electron chi connectivity index (χ4n) is 6.88. The zero-order chi connectivity index (χ0) is 17.3. The molecule has 0 radical (unpaired) electrons. The number of terminal acetylenes is 1. The van der Waals surface area contributed by atoms with Gasteiger partial charge in [0.2, 0.25) is 0 Å². The fraction of sp³-hybridized carbons (Fsp3) is 0.810. The second kappa shape index (κ2) is 5.10. The fourth-order valence-corrected chi connectivity index (χ4v) is 6.88. The minimum absolute atomic E-state index is 0.0846. The second-order valence-electron chi connectivity index (χ2n) is 9.29. The largest absolute Gasteiger partial charge is 0.393 e. The third-order valence-electron chi connectivity index (χ3n) is 8.49. The van der Waals surface area contributed by atoms with Crippen molar-refractivity contribution < 1.29 is 15.3 Å². The van der Waals surface area contributed by atoms with Crippen molar-refractivity contribution in [2.45, 2.75) is 76.6 Å². The van der Waals surface area contributed by atoms with E-state index >= 15 is 0 Å². The van der Waals surface area contributed by atoms with E-state index in [0.717, 1.165) is 32.1 Å². The van der Waals surface area contributed by atoms with Gasteiger partial charge in [-0.15, -0.1) is 6.42 Å². The first-order chi connectivity index (χ1) is 11.2. The van der Waals surface area contributed by atoms with Crippen molar-refractivity contribution in [1.82, 2.24) is 0 Å². The average Bonchev–Trinajstić information content (AvgIpc) is 2.82. The van der Waals surface area contributed by atoms with Crippen LogP contribution in [-0.4, -0.2) is 33.1 Å². The monoisotopic (exact) mass is 330 g/mol. The molecule has 0 bridgehead atoms. The van der Waals surface area contributed by atoms with Crippen molar-refractivity contribution in [2.75, 3.05) is 0 Å². The Bertz CT molecular complexity index is 619. The van der Waals surface area contributed by atoms with Crippen LogP contribution in [0.15, 0.2) is 11.6 Å². The SMILES string of the molecule is C#C[C@]1(O)CCC2C3C(O)C=C4C[C@@H](O)CC[C@]4(C)C3CC[C@@]21C. The molecule has 0 aromatic rings. The van der Waals surface area contributed by atoms with Gasteiger partial charge in [-0.1, -0.05) is 31.4 Å². The molecule has 0 heterocycles. The molecule has 0 aliphatic heterocycles. The molecule has 4 unspecified atom stereocenters. The van der Waals surface area contributed by atoms with Crippen molar-refractivity contribution in [3.8, 4) is 12.3 Å². The van der Waals surface area contributed by atoms with E-state index in [0.29, 0.717) is 18.8 Å². The van der Waals surface area contributed by atoms with Gasteiger partial charge >= 0.3 is 0 Å². The summed E-state index contributed by atoms with van der Waals surface area (Å²) in [5.41, 5.74) is 0.0145. The van der Waals surface area contributed by atoms with E-state index in [9.17, 15) is 15.3 Å². The first-order valence-corrected chi connectivity index (χ1v) is 9.53. The van der Waals surface area contributed by atoms with Gasteiger partial charge in [0.1, 0.15) is 5.60 Å². The highest BCUT2D eigenvalue weighted by molar-refractivity contribution is 5.30. The van der Waals surface area contributed by atoms with Crippen LogP contribution in [0, 0.1) is 40.9 Å². The second-order valence-corrected chi connectivity index (χ2v) is 9.29. The van der Waals surface area contributed by atoms with Gasteiger partial charge in [0.05, 0.1) is 12.2 Å². The quantitative estimate of drug-likeness (QED) is 0.473. The summed E-state index contributed by atoms with van der Waals surface area (Å²) in [6.45, 7) is 4.47. The van der Waals surface area contributed by atoms with Gasteiger partial charge in [-0.05, 0) is 68.1 Å². The van der Waals surface area contributed by atoms with E-state index in [1.807, 2.05) is 6.08 Å². The number of rotatable bonds is 0. The summed E-state index contributed by atoms with van der Waals surface area (Å²) in [6, 6.07) is 0. The van der Waals surface area contributed by atoms with Gasteiger partial charge < -0.3 is 15.3 Å². The van der Waals surface area contributed by atoms with Crippen LogP contribution in [0.5, 0.6) is 0 Å². The first-order valence-electron chi connectivity index (χ1n) is 9.53. The highest BCUT2D eigenvalue weighted by Gasteiger charge is 2.64. The third-order valence-corrected chi connectivity index (χ3v) is 8.49. The first kappa shape index (κ1) is 16.6. The lowest BCUT2D eigenvalue weighted by molar-refractivity contribution is -0.123. The zero-order valence-corrected chi connectivity index (χ0v) is 14.8. The molecular formula is C21H30O3. The van der Waals surface area contributed by atoms with E-state index in [-0.39, 0.29) is 28.8 Å². The molecule has 0 amide bonds. The van der Waals surface area contributed by atoms with Crippen LogP contribution >= 0.6 is 0 Å².